The summed E-state index contributed by atoms with van der Waals surface area (Å²) in [6.45, 7) is 0.163. The molecule has 0 amide bonds. The zero-order chi connectivity index (χ0) is 14.8. The molecule has 0 aromatic heterocycles. The van der Waals surface area contributed by atoms with E-state index in [2.05, 4.69) is 0 Å². The molecule has 1 aliphatic rings. The van der Waals surface area contributed by atoms with Crippen LogP contribution in [0.15, 0.2) is 18.2 Å². The van der Waals surface area contributed by atoms with Crippen molar-refractivity contribution >= 4 is 5.97 Å². The Morgan fingerprint density at radius 1 is 1.45 bits per heavy atom. The van der Waals surface area contributed by atoms with Gasteiger partial charge < -0.3 is 15.2 Å². The molecule has 1 saturated carbocycles. The maximum absolute atomic E-state index is 14.1. The predicted molar refractivity (Wildman–Crippen MR) is 72.9 cm³/mol. The Bertz CT molecular complexity index is 502. The molecule has 2 N–H and O–H groups in total. The number of nitrogens with two attached hydrogens (primary N) is 1. The fourth-order valence-electron chi connectivity index (χ4n) is 2.68. The van der Waals surface area contributed by atoms with Crippen LogP contribution in [0.25, 0.3) is 0 Å². The highest BCUT2D eigenvalue weighted by Crippen LogP contribution is 2.48. The van der Waals surface area contributed by atoms with E-state index in [0.29, 0.717) is 11.3 Å². The molecule has 1 fully saturated rings. The van der Waals surface area contributed by atoms with E-state index >= 15 is 0 Å². The molecule has 0 radical (unpaired) electrons. The average molecular weight is 281 g/mol. The number of carbonyl (C=O) groups is 1. The Hall–Kier alpha value is -1.62. The molecule has 1 aliphatic carbocycles. The summed E-state index contributed by atoms with van der Waals surface area (Å²) in [6.07, 6.45) is 2.13. The second-order valence-corrected chi connectivity index (χ2v) is 5.26. The van der Waals surface area contributed by atoms with Crippen molar-refractivity contribution in [3.05, 3.63) is 29.6 Å². The molecule has 1 aromatic carbocycles. The van der Waals surface area contributed by atoms with Crippen LogP contribution in [0.3, 0.4) is 0 Å². The standard InChI is InChI=1S/C15H20FNO3/c1-19-12-6-3-10(13(16)7-12)8-15(9-17,11-4-5-11)14(18)20-2/h3,6-7,11H,4-5,8-9,17H2,1-2H3. The van der Waals surface area contributed by atoms with Gasteiger partial charge in [-0.25, -0.2) is 4.39 Å². The molecule has 1 unspecified atom stereocenters. The molecule has 5 heteroatoms. The van der Waals surface area contributed by atoms with Crippen molar-refractivity contribution in [1.29, 1.82) is 0 Å². The first kappa shape index (κ1) is 14.8. The molecule has 0 heterocycles. The number of carbonyl (C=O) groups excluding carboxylic acids is 1. The van der Waals surface area contributed by atoms with Crippen LogP contribution in [0, 0.1) is 17.2 Å². The van der Waals surface area contributed by atoms with E-state index in [-0.39, 0.29) is 30.7 Å². The molecule has 4 nitrogen and oxygen atoms in total. The maximum Gasteiger partial charge on any atom is 0.313 e. The van der Waals surface area contributed by atoms with Crippen molar-refractivity contribution in [3.63, 3.8) is 0 Å². The van der Waals surface area contributed by atoms with Gasteiger partial charge in [0.05, 0.1) is 19.6 Å². The van der Waals surface area contributed by atoms with Gasteiger partial charge in [-0.15, -0.1) is 0 Å². The van der Waals surface area contributed by atoms with Crippen LogP contribution in [0.2, 0.25) is 0 Å². The van der Waals surface area contributed by atoms with E-state index in [1.807, 2.05) is 0 Å². The summed E-state index contributed by atoms with van der Waals surface area (Å²) in [6, 6.07) is 4.65. The SMILES string of the molecule is COC(=O)C(CN)(Cc1ccc(OC)cc1F)C1CC1. The van der Waals surface area contributed by atoms with Crippen LogP contribution in [-0.2, 0) is 16.0 Å². The lowest BCUT2D eigenvalue weighted by atomic mass is 9.77. The van der Waals surface area contributed by atoms with Gasteiger partial charge in [-0.05, 0) is 36.8 Å². The summed E-state index contributed by atoms with van der Waals surface area (Å²) in [4.78, 5) is 12.1. The number of halogens is 1. The normalized spacial score (nSPS) is 17.4. The quantitative estimate of drug-likeness (QED) is 0.809. The minimum atomic E-state index is -0.815. The monoisotopic (exact) mass is 281 g/mol. The van der Waals surface area contributed by atoms with Gasteiger partial charge in [-0.3, -0.25) is 4.79 Å². The Kier molecular flexibility index (Phi) is 4.28. The molecular formula is C15H20FNO3. The van der Waals surface area contributed by atoms with Gasteiger partial charge in [-0.2, -0.15) is 0 Å². The zero-order valence-corrected chi connectivity index (χ0v) is 11.8. The first-order chi connectivity index (χ1) is 9.57. The Labute approximate surface area is 118 Å². The third kappa shape index (κ3) is 2.63. The first-order valence-corrected chi connectivity index (χ1v) is 6.68. The fourth-order valence-corrected chi connectivity index (χ4v) is 2.68. The molecule has 1 atom stereocenters. The molecule has 2 rings (SSSR count). The second kappa shape index (κ2) is 5.79. The number of rotatable bonds is 6. The van der Waals surface area contributed by atoms with Crippen molar-refractivity contribution in [2.24, 2.45) is 17.1 Å². The largest absolute Gasteiger partial charge is 0.497 e. The van der Waals surface area contributed by atoms with Crippen LogP contribution in [0.4, 0.5) is 4.39 Å². The molecule has 0 saturated heterocycles. The summed E-state index contributed by atoms with van der Waals surface area (Å²) < 4.78 is 24.0. The van der Waals surface area contributed by atoms with E-state index < -0.39 is 5.41 Å². The summed E-state index contributed by atoms with van der Waals surface area (Å²) >= 11 is 0. The molecular weight excluding hydrogens is 261 g/mol. The second-order valence-electron chi connectivity index (χ2n) is 5.26. The summed E-state index contributed by atoms with van der Waals surface area (Å²) in [5.74, 6) is -0.0972. The lowest BCUT2D eigenvalue weighted by molar-refractivity contribution is -0.153. The van der Waals surface area contributed by atoms with Gasteiger partial charge in [0.15, 0.2) is 0 Å². The van der Waals surface area contributed by atoms with Crippen LogP contribution in [0.5, 0.6) is 5.75 Å². The van der Waals surface area contributed by atoms with Crippen LogP contribution < -0.4 is 10.5 Å². The molecule has 20 heavy (non-hydrogen) atoms. The third-order valence-corrected chi connectivity index (χ3v) is 4.08. The highest BCUT2D eigenvalue weighted by atomic mass is 19.1. The number of hydrogen-bond donors (Lipinski definition) is 1. The van der Waals surface area contributed by atoms with E-state index in [1.165, 1.54) is 20.3 Å². The van der Waals surface area contributed by atoms with E-state index in [4.69, 9.17) is 15.2 Å². The fraction of sp³-hybridized carbons (Fsp3) is 0.533. The Balaban J connectivity index is 2.30. The Morgan fingerprint density at radius 2 is 2.15 bits per heavy atom. The van der Waals surface area contributed by atoms with Crippen LogP contribution in [-0.4, -0.2) is 26.7 Å². The van der Waals surface area contributed by atoms with Crippen LogP contribution in [0.1, 0.15) is 18.4 Å². The molecule has 0 bridgehead atoms. The van der Waals surface area contributed by atoms with Crippen LogP contribution >= 0.6 is 0 Å². The van der Waals surface area contributed by atoms with Gasteiger partial charge in [0, 0.05) is 12.6 Å². The lowest BCUT2D eigenvalue weighted by Crippen LogP contribution is -2.43. The van der Waals surface area contributed by atoms with E-state index in [0.717, 1.165) is 12.8 Å². The van der Waals surface area contributed by atoms with Crippen molar-refractivity contribution in [1.82, 2.24) is 0 Å². The highest BCUT2D eigenvalue weighted by molar-refractivity contribution is 5.78. The van der Waals surface area contributed by atoms with E-state index in [9.17, 15) is 9.18 Å². The lowest BCUT2D eigenvalue weighted by Gasteiger charge is -2.30. The number of hydrogen-bond acceptors (Lipinski definition) is 4. The molecule has 1 aromatic rings. The summed E-state index contributed by atoms with van der Waals surface area (Å²) in [7, 11) is 2.83. The summed E-state index contributed by atoms with van der Waals surface area (Å²) in [5, 5.41) is 0. The van der Waals surface area contributed by atoms with Gasteiger partial charge in [-0.1, -0.05) is 6.07 Å². The van der Waals surface area contributed by atoms with Crippen molar-refractivity contribution in [3.8, 4) is 5.75 Å². The average Bonchev–Trinajstić information content (AvgIpc) is 3.30. The van der Waals surface area contributed by atoms with Gasteiger partial charge in [0.2, 0.25) is 0 Å². The summed E-state index contributed by atoms with van der Waals surface area (Å²) in [5.41, 5.74) is 5.48. The third-order valence-electron chi connectivity index (χ3n) is 4.08. The number of benzene rings is 1. The first-order valence-electron chi connectivity index (χ1n) is 6.68. The zero-order valence-electron chi connectivity index (χ0n) is 11.8. The number of ether oxygens (including phenoxy) is 2. The van der Waals surface area contributed by atoms with Gasteiger partial charge >= 0.3 is 5.97 Å². The van der Waals surface area contributed by atoms with E-state index in [1.54, 1.807) is 12.1 Å². The number of esters is 1. The molecule has 0 aliphatic heterocycles. The number of methoxy groups -OCH3 is 2. The Morgan fingerprint density at radius 3 is 2.60 bits per heavy atom. The minimum Gasteiger partial charge on any atom is -0.497 e. The molecule has 0 spiro atoms. The van der Waals surface area contributed by atoms with Crippen molar-refractivity contribution in [2.45, 2.75) is 19.3 Å². The maximum atomic E-state index is 14.1. The van der Waals surface area contributed by atoms with Gasteiger partial charge in [0.1, 0.15) is 11.6 Å². The molecule has 110 valence electrons. The smallest absolute Gasteiger partial charge is 0.313 e. The van der Waals surface area contributed by atoms with Crippen molar-refractivity contribution in [2.75, 3.05) is 20.8 Å². The van der Waals surface area contributed by atoms with Gasteiger partial charge in [0.25, 0.3) is 0 Å². The predicted octanol–water partition coefficient (Wildman–Crippen LogP) is 1.90. The van der Waals surface area contributed by atoms with Crippen molar-refractivity contribution < 1.29 is 18.7 Å². The highest BCUT2D eigenvalue weighted by Gasteiger charge is 2.51. The minimum absolute atomic E-state index is 0.163. The topological polar surface area (TPSA) is 61.5 Å².